The van der Waals surface area contributed by atoms with Gasteiger partial charge in [-0.2, -0.15) is 0 Å². The van der Waals surface area contributed by atoms with Crippen molar-refractivity contribution in [1.29, 1.82) is 0 Å². The topological polar surface area (TPSA) is 98.8 Å². The molecule has 0 spiro atoms. The predicted octanol–water partition coefficient (Wildman–Crippen LogP) is 3.05. The van der Waals surface area contributed by atoms with Crippen LogP contribution in [0.25, 0.3) is 10.9 Å². The summed E-state index contributed by atoms with van der Waals surface area (Å²) >= 11 is 0. The minimum atomic E-state index is -0.405. The molecule has 0 aliphatic carbocycles. The van der Waals surface area contributed by atoms with Crippen molar-refractivity contribution in [2.24, 2.45) is 10.7 Å². The van der Waals surface area contributed by atoms with E-state index in [9.17, 15) is 4.79 Å². The second-order valence-electron chi connectivity index (χ2n) is 5.37. The lowest BCUT2D eigenvalue weighted by atomic mass is 10.1. The van der Waals surface area contributed by atoms with Crippen molar-refractivity contribution in [1.82, 2.24) is 10.3 Å². The Kier molecular flexibility index (Phi) is 6.56. The first kappa shape index (κ1) is 20.0. The van der Waals surface area contributed by atoms with E-state index in [0.717, 1.165) is 0 Å². The smallest absolute Gasteiger partial charge is 0.258 e. The van der Waals surface area contributed by atoms with E-state index in [-0.39, 0.29) is 18.4 Å². The van der Waals surface area contributed by atoms with Gasteiger partial charge in [-0.25, -0.2) is 4.99 Å². The molecule has 0 unspecified atom stereocenters. The third-order valence-corrected chi connectivity index (χ3v) is 3.73. The minimum absolute atomic E-state index is 0. The monoisotopic (exact) mass is 386 g/mol. The van der Waals surface area contributed by atoms with Crippen LogP contribution in [0.1, 0.15) is 10.4 Å². The van der Waals surface area contributed by atoms with E-state index in [1.54, 1.807) is 43.6 Å². The fourth-order valence-corrected chi connectivity index (χ4v) is 2.55. The highest BCUT2D eigenvalue weighted by molar-refractivity contribution is 6.13. The number of hydrogen-bond acceptors (Lipinski definition) is 5. The van der Waals surface area contributed by atoms with Gasteiger partial charge in [0, 0.05) is 18.3 Å². The summed E-state index contributed by atoms with van der Waals surface area (Å²) in [5.41, 5.74) is 7.45. The number of nitrogens with one attached hydrogen (secondary N) is 1. The van der Waals surface area contributed by atoms with E-state index in [2.05, 4.69) is 15.3 Å². The lowest BCUT2D eigenvalue weighted by Crippen LogP contribution is -2.36. The number of nitrogens with zero attached hydrogens (tertiary/aromatic N) is 2. The van der Waals surface area contributed by atoms with Crippen LogP contribution < -0.4 is 20.5 Å². The van der Waals surface area contributed by atoms with Gasteiger partial charge < -0.3 is 15.2 Å². The number of nitrogens with two attached hydrogens (primary N) is 1. The van der Waals surface area contributed by atoms with E-state index in [1.807, 2.05) is 18.2 Å². The molecule has 0 atom stereocenters. The highest BCUT2D eigenvalue weighted by atomic mass is 35.5. The first-order valence-electron chi connectivity index (χ1n) is 7.83. The average Bonchev–Trinajstić information content (AvgIpc) is 2.67. The number of benzene rings is 2. The van der Waals surface area contributed by atoms with Crippen LogP contribution in [0.15, 0.2) is 59.7 Å². The number of rotatable bonds is 4. The van der Waals surface area contributed by atoms with Crippen molar-refractivity contribution in [2.45, 2.75) is 0 Å². The van der Waals surface area contributed by atoms with E-state index < -0.39 is 5.91 Å². The maximum atomic E-state index is 12.7. The SMILES string of the molecule is COc1cc(OC)c2c(C(=O)NC(N)=Nc3ccccc3)ccnc2c1.Cl. The second-order valence-corrected chi connectivity index (χ2v) is 5.37. The number of fused-ring (bicyclic) bond motifs is 1. The Labute approximate surface area is 162 Å². The fourth-order valence-electron chi connectivity index (χ4n) is 2.55. The van der Waals surface area contributed by atoms with Crippen molar-refractivity contribution in [2.75, 3.05) is 14.2 Å². The molecule has 0 fully saturated rings. The molecule has 0 saturated heterocycles. The summed E-state index contributed by atoms with van der Waals surface area (Å²) in [6.45, 7) is 0. The Bertz CT molecular complexity index is 977. The number of carbonyl (C=O) groups excluding carboxylic acids is 1. The van der Waals surface area contributed by atoms with Crippen LogP contribution in [0.2, 0.25) is 0 Å². The summed E-state index contributed by atoms with van der Waals surface area (Å²) in [5, 5.41) is 3.16. The number of aliphatic imine (C=N–C) groups is 1. The number of amides is 1. The molecule has 0 aliphatic rings. The molecule has 27 heavy (non-hydrogen) atoms. The maximum absolute atomic E-state index is 12.7. The van der Waals surface area contributed by atoms with Gasteiger partial charge in [-0.3, -0.25) is 15.1 Å². The number of methoxy groups -OCH3 is 2. The van der Waals surface area contributed by atoms with Crippen molar-refractivity contribution in [3.8, 4) is 11.5 Å². The molecule has 0 saturated carbocycles. The zero-order valence-electron chi connectivity index (χ0n) is 14.8. The van der Waals surface area contributed by atoms with E-state index >= 15 is 0 Å². The number of guanidine groups is 1. The molecule has 8 heteroatoms. The Morgan fingerprint density at radius 3 is 2.52 bits per heavy atom. The van der Waals surface area contributed by atoms with Crippen LogP contribution in [0, 0.1) is 0 Å². The molecule has 2 aromatic carbocycles. The molecule has 0 bridgehead atoms. The molecule has 1 heterocycles. The predicted molar refractivity (Wildman–Crippen MR) is 107 cm³/mol. The van der Waals surface area contributed by atoms with Crippen LogP contribution in [-0.2, 0) is 0 Å². The van der Waals surface area contributed by atoms with Gasteiger partial charge in [-0.15, -0.1) is 12.4 Å². The normalized spacial score (nSPS) is 10.8. The van der Waals surface area contributed by atoms with Crippen LogP contribution in [-0.4, -0.2) is 31.1 Å². The van der Waals surface area contributed by atoms with Gasteiger partial charge in [0.25, 0.3) is 5.91 Å². The van der Waals surface area contributed by atoms with E-state index in [0.29, 0.717) is 33.7 Å². The molecule has 140 valence electrons. The lowest BCUT2D eigenvalue weighted by Gasteiger charge is -2.12. The first-order chi connectivity index (χ1) is 12.6. The molecule has 3 rings (SSSR count). The second kappa shape index (κ2) is 8.86. The first-order valence-corrected chi connectivity index (χ1v) is 7.83. The van der Waals surface area contributed by atoms with Gasteiger partial charge in [0.05, 0.1) is 36.4 Å². The average molecular weight is 387 g/mol. The molecule has 3 aromatic rings. The highest BCUT2D eigenvalue weighted by Gasteiger charge is 2.16. The third-order valence-electron chi connectivity index (χ3n) is 3.73. The number of carbonyl (C=O) groups is 1. The fraction of sp³-hybridized carbons (Fsp3) is 0.105. The van der Waals surface area contributed by atoms with Crippen LogP contribution in [0.4, 0.5) is 5.69 Å². The van der Waals surface area contributed by atoms with Gasteiger partial charge in [0.1, 0.15) is 11.5 Å². The number of hydrogen-bond donors (Lipinski definition) is 2. The number of ether oxygens (including phenoxy) is 2. The molecule has 1 aromatic heterocycles. The minimum Gasteiger partial charge on any atom is -0.497 e. The Morgan fingerprint density at radius 2 is 1.85 bits per heavy atom. The van der Waals surface area contributed by atoms with E-state index in [1.165, 1.54) is 7.11 Å². The van der Waals surface area contributed by atoms with Gasteiger partial charge in [-0.05, 0) is 18.2 Å². The molecular weight excluding hydrogens is 368 g/mol. The van der Waals surface area contributed by atoms with Gasteiger partial charge in [0.2, 0.25) is 5.96 Å². The van der Waals surface area contributed by atoms with Crippen molar-refractivity contribution < 1.29 is 14.3 Å². The van der Waals surface area contributed by atoms with Gasteiger partial charge in [-0.1, -0.05) is 18.2 Å². The van der Waals surface area contributed by atoms with Crippen molar-refractivity contribution in [3.05, 3.63) is 60.3 Å². The maximum Gasteiger partial charge on any atom is 0.258 e. The number of pyridine rings is 1. The molecule has 3 N–H and O–H groups in total. The summed E-state index contributed by atoms with van der Waals surface area (Å²) in [7, 11) is 3.08. The molecule has 7 nitrogen and oxygen atoms in total. The van der Waals surface area contributed by atoms with Crippen LogP contribution >= 0.6 is 12.4 Å². The summed E-state index contributed by atoms with van der Waals surface area (Å²) < 4.78 is 10.6. The number of aromatic nitrogens is 1. The molecular formula is C19H19ClN4O3. The Hall–Kier alpha value is -3.32. The largest absolute Gasteiger partial charge is 0.497 e. The third kappa shape index (κ3) is 4.45. The van der Waals surface area contributed by atoms with Gasteiger partial charge >= 0.3 is 0 Å². The van der Waals surface area contributed by atoms with Crippen LogP contribution in [0.5, 0.6) is 11.5 Å². The van der Waals surface area contributed by atoms with Crippen molar-refractivity contribution >= 4 is 40.9 Å². The lowest BCUT2D eigenvalue weighted by molar-refractivity contribution is 0.0978. The zero-order chi connectivity index (χ0) is 18.5. The number of para-hydroxylation sites is 1. The van der Waals surface area contributed by atoms with Gasteiger partial charge in [0.15, 0.2) is 0 Å². The Balaban J connectivity index is 0.00000261. The standard InChI is InChI=1S/C19H18N4O3.ClH/c1-25-13-10-15-17(16(11-13)26-2)14(8-9-21-15)18(24)23-19(20)22-12-6-4-3-5-7-12;/h3-11H,1-2H3,(H3,20,22,23,24);1H. The molecule has 1 amide bonds. The quantitative estimate of drug-likeness (QED) is 0.530. The molecule has 0 radical (unpaired) electrons. The molecule has 0 aliphatic heterocycles. The summed E-state index contributed by atoms with van der Waals surface area (Å²) in [6.07, 6.45) is 1.54. The van der Waals surface area contributed by atoms with Crippen LogP contribution in [0.3, 0.4) is 0 Å². The van der Waals surface area contributed by atoms with E-state index in [4.69, 9.17) is 15.2 Å². The Morgan fingerprint density at radius 1 is 1.11 bits per heavy atom. The zero-order valence-corrected chi connectivity index (χ0v) is 15.6. The van der Waals surface area contributed by atoms with Crippen molar-refractivity contribution in [3.63, 3.8) is 0 Å². The number of halogens is 1. The summed E-state index contributed by atoms with van der Waals surface area (Å²) in [6, 6.07) is 14.1. The summed E-state index contributed by atoms with van der Waals surface area (Å²) in [5.74, 6) is 0.664. The highest BCUT2D eigenvalue weighted by Crippen LogP contribution is 2.32. The summed E-state index contributed by atoms with van der Waals surface area (Å²) in [4.78, 5) is 21.2.